The highest BCUT2D eigenvalue weighted by atomic mass is 32.9. The average Bonchev–Trinajstić information content (AvgIpc) is 2.24. The van der Waals surface area contributed by atoms with Crippen LogP contribution in [0.15, 0.2) is 0 Å². The second-order valence-corrected chi connectivity index (χ2v) is 11.0. The summed E-state index contributed by atoms with van der Waals surface area (Å²) in [6.07, 6.45) is 0. The van der Waals surface area contributed by atoms with Gasteiger partial charge in [0.2, 0.25) is 5.91 Å². The van der Waals surface area contributed by atoms with E-state index in [4.69, 9.17) is 16.3 Å². The molecule has 0 radical (unpaired) electrons. The summed E-state index contributed by atoms with van der Waals surface area (Å²) >= 11 is 6.53. The summed E-state index contributed by atoms with van der Waals surface area (Å²) < 4.78 is 10.0. The molecule has 0 rings (SSSR count). The molecule has 0 spiro atoms. The molecule has 0 heterocycles. The van der Waals surface area contributed by atoms with Crippen LogP contribution in [0, 0.1) is 0 Å². The summed E-state index contributed by atoms with van der Waals surface area (Å²) in [6.45, 7) is 6.16. The average molecular weight is 299 g/mol. The van der Waals surface area contributed by atoms with Crippen LogP contribution in [-0.4, -0.2) is 44.1 Å². The van der Waals surface area contributed by atoms with Gasteiger partial charge < -0.3 is 14.6 Å². The molecule has 0 fully saturated rings. The van der Waals surface area contributed by atoms with Gasteiger partial charge in [0.05, 0.1) is 12.4 Å². The highest BCUT2D eigenvalue weighted by molar-refractivity contribution is 8.69. The molecular formula is C9H18NO4PS2. The van der Waals surface area contributed by atoms with E-state index in [9.17, 15) is 9.59 Å². The second-order valence-electron chi connectivity index (χ2n) is 3.04. The van der Waals surface area contributed by atoms with Gasteiger partial charge in [0.15, 0.2) is 0 Å². The van der Waals surface area contributed by atoms with Gasteiger partial charge in [-0.05, 0) is 20.5 Å². The Labute approximate surface area is 111 Å². The molecule has 1 N–H and O–H groups in total. The number of hydrogen-bond acceptors (Lipinski definition) is 6. The maximum Gasteiger partial charge on any atom is 0.325 e. The van der Waals surface area contributed by atoms with Crippen LogP contribution in [0.1, 0.15) is 13.8 Å². The zero-order chi connectivity index (χ0) is 13.3. The number of carbonyl (C=O) groups excluding carboxylic acids is 2. The van der Waals surface area contributed by atoms with Crippen molar-refractivity contribution in [2.75, 3.05) is 32.2 Å². The van der Waals surface area contributed by atoms with Crippen LogP contribution in [0.2, 0.25) is 0 Å². The first-order valence-corrected chi connectivity index (χ1v) is 9.96. The highest BCUT2D eigenvalue weighted by Gasteiger charge is 2.14. The van der Waals surface area contributed by atoms with E-state index in [2.05, 4.69) is 10.1 Å². The predicted octanol–water partition coefficient (Wildman–Crippen LogP) is 1.37. The molecule has 1 unspecified atom stereocenters. The number of rotatable bonds is 8. The minimum atomic E-state index is -1.93. The molecule has 0 aromatic rings. The third kappa shape index (κ3) is 9.59. The van der Waals surface area contributed by atoms with Gasteiger partial charge in [-0.15, -0.1) is 0 Å². The Kier molecular flexibility index (Phi) is 8.86. The van der Waals surface area contributed by atoms with Crippen molar-refractivity contribution in [2.24, 2.45) is 0 Å². The lowest BCUT2D eigenvalue weighted by atomic mass is 10.6. The van der Waals surface area contributed by atoms with Crippen LogP contribution in [0.25, 0.3) is 0 Å². The van der Waals surface area contributed by atoms with Gasteiger partial charge in [0, 0.05) is 6.61 Å². The lowest BCUT2D eigenvalue weighted by Gasteiger charge is -2.15. The number of esters is 1. The van der Waals surface area contributed by atoms with E-state index in [1.54, 1.807) is 6.92 Å². The van der Waals surface area contributed by atoms with Crippen molar-refractivity contribution < 1.29 is 18.8 Å². The van der Waals surface area contributed by atoms with Gasteiger partial charge in [-0.1, -0.05) is 23.2 Å². The highest BCUT2D eigenvalue weighted by Crippen LogP contribution is 2.56. The first-order chi connectivity index (χ1) is 7.91. The van der Waals surface area contributed by atoms with Gasteiger partial charge in [-0.2, -0.15) is 0 Å². The second kappa shape index (κ2) is 8.91. The fourth-order valence-electron chi connectivity index (χ4n) is 0.881. The van der Waals surface area contributed by atoms with E-state index in [1.165, 1.54) is 11.4 Å². The van der Waals surface area contributed by atoms with E-state index >= 15 is 0 Å². The van der Waals surface area contributed by atoms with Gasteiger partial charge in [-0.25, -0.2) is 0 Å². The quantitative estimate of drug-likeness (QED) is 0.539. The first-order valence-electron chi connectivity index (χ1n) is 5.20. The molecule has 1 atom stereocenters. The molecule has 0 aromatic carbocycles. The number of amides is 1. The van der Waals surface area contributed by atoms with E-state index in [0.29, 0.717) is 13.2 Å². The largest absolute Gasteiger partial charge is 0.465 e. The van der Waals surface area contributed by atoms with Crippen LogP contribution in [-0.2, 0) is 30.7 Å². The molecule has 0 saturated heterocycles. The first kappa shape index (κ1) is 16.9. The predicted molar refractivity (Wildman–Crippen MR) is 73.9 cm³/mol. The lowest BCUT2D eigenvalue weighted by molar-refractivity contribution is -0.143. The monoisotopic (exact) mass is 299 g/mol. The maximum atomic E-state index is 11.4. The standard InChI is InChI=1S/C9H18NO4PS2/c1-4-13-9(12)6-10-8(11)7-17-15(3,16)14-5-2/h4-7H2,1-3H3,(H,10,11). The van der Waals surface area contributed by atoms with Gasteiger partial charge in [-0.3, -0.25) is 9.59 Å². The number of ether oxygens (including phenoxy) is 1. The van der Waals surface area contributed by atoms with Gasteiger partial charge >= 0.3 is 5.97 Å². The summed E-state index contributed by atoms with van der Waals surface area (Å²) in [4.78, 5) is 22.3. The van der Waals surface area contributed by atoms with Crippen LogP contribution >= 0.6 is 16.8 Å². The lowest BCUT2D eigenvalue weighted by Crippen LogP contribution is -2.31. The molecule has 0 saturated carbocycles. The number of nitrogens with one attached hydrogen (secondary N) is 1. The van der Waals surface area contributed by atoms with Gasteiger partial charge in [0.25, 0.3) is 0 Å². The van der Waals surface area contributed by atoms with E-state index in [-0.39, 0.29) is 18.2 Å². The van der Waals surface area contributed by atoms with Crippen LogP contribution < -0.4 is 5.32 Å². The fourth-order valence-corrected chi connectivity index (χ4v) is 4.26. The smallest absolute Gasteiger partial charge is 0.325 e. The van der Waals surface area contributed by atoms with Crippen molar-refractivity contribution >= 4 is 40.5 Å². The topological polar surface area (TPSA) is 64.6 Å². The zero-order valence-corrected chi connectivity index (χ0v) is 12.8. The minimum Gasteiger partial charge on any atom is -0.465 e. The number of hydrogen-bond donors (Lipinski definition) is 1. The molecule has 1 amide bonds. The molecule has 0 aliphatic rings. The molecule has 5 nitrogen and oxygen atoms in total. The van der Waals surface area contributed by atoms with E-state index < -0.39 is 11.4 Å². The molecule has 0 aliphatic heterocycles. The summed E-state index contributed by atoms with van der Waals surface area (Å²) in [5.41, 5.74) is -1.93. The van der Waals surface area contributed by atoms with Crippen molar-refractivity contribution in [3.05, 3.63) is 0 Å². The van der Waals surface area contributed by atoms with Crippen molar-refractivity contribution in [1.29, 1.82) is 0 Å². The third-order valence-electron chi connectivity index (χ3n) is 1.53. The van der Waals surface area contributed by atoms with Crippen molar-refractivity contribution in [3.63, 3.8) is 0 Å². The van der Waals surface area contributed by atoms with Crippen molar-refractivity contribution in [1.82, 2.24) is 5.32 Å². The minimum absolute atomic E-state index is 0.103. The van der Waals surface area contributed by atoms with Crippen LogP contribution in [0.3, 0.4) is 0 Å². The molecular weight excluding hydrogens is 281 g/mol. The molecule has 0 aliphatic carbocycles. The van der Waals surface area contributed by atoms with E-state index in [1.807, 2.05) is 13.6 Å². The van der Waals surface area contributed by atoms with E-state index in [0.717, 1.165) is 0 Å². The summed E-state index contributed by atoms with van der Waals surface area (Å²) in [6, 6.07) is 0. The fraction of sp³-hybridized carbons (Fsp3) is 0.778. The Morgan fingerprint density at radius 3 is 2.53 bits per heavy atom. The normalized spacial score (nSPS) is 13.8. The molecule has 17 heavy (non-hydrogen) atoms. The summed E-state index contributed by atoms with van der Waals surface area (Å²) in [5.74, 6) is -0.474. The van der Waals surface area contributed by atoms with Crippen molar-refractivity contribution in [2.45, 2.75) is 13.8 Å². The summed E-state index contributed by atoms with van der Waals surface area (Å²) in [5, 5.41) is 2.46. The Balaban J connectivity index is 3.80. The zero-order valence-electron chi connectivity index (χ0n) is 10.2. The Bertz CT molecular complexity index is 311. The van der Waals surface area contributed by atoms with Crippen LogP contribution in [0.4, 0.5) is 0 Å². The Hall–Kier alpha value is -0.100. The van der Waals surface area contributed by atoms with Crippen LogP contribution in [0.5, 0.6) is 0 Å². The molecule has 8 heteroatoms. The van der Waals surface area contributed by atoms with Gasteiger partial charge in [0.1, 0.15) is 12.0 Å². The maximum absolute atomic E-state index is 11.4. The molecule has 0 bridgehead atoms. The van der Waals surface area contributed by atoms with Crippen molar-refractivity contribution in [3.8, 4) is 0 Å². The molecule has 100 valence electrons. The third-order valence-corrected chi connectivity index (χ3v) is 6.49. The Morgan fingerprint density at radius 1 is 1.35 bits per heavy atom. The molecule has 0 aromatic heterocycles. The SMILES string of the molecule is CCOC(=O)CNC(=O)CSP(C)(=S)OCC. The summed E-state index contributed by atoms with van der Waals surface area (Å²) in [7, 11) is 0. The number of carbonyl (C=O) groups is 2. The Morgan fingerprint density at radius 2 is 2.00 bits per heavy atom.